The van der Waals surface area contributed by atoms with Gasteiger partial charge in [-0.1, -0.05) is 19.3 Å². The Morgan fingerprint density at radius 1 is 1.00 bits per heavy atom. The Labute approximate surface area is 148 Å². The van der Waals surface area contributed by atoms with Gasteiger partial charge >= 0.3 is 0 Å². The van der Waals surface area contributed by atoms with Crippen molar-refractivity contribution in [3.05, 3.63) is 0 Å². The van der Waals surface area contributed by atoms with Gasteiger partial charge in [-0.05, 0) is 38.8 Å². The Morgan fingerprint density at radius 3 is 2.41 bits per heavy atom. The summed E-state index contributed by atoms with van der Waals surface area (Å²) in [6.45, 7) is 6.17. The van der Waals surface area contributed by atoms with Crippen LogP contribution in [0.25, 0.3) is 0 Å². The van der Waals surface area contributed by atoms with Gasteiger partial charge in [0.25, 0.3) is 0 Å². The van der Waals surface area contributed by atoms with Gasteiger partial charge in [-0.2, -0.15) is 0 Å². The van der Waals surface area contributed by atoms with E-state index in [1.54, 1.807) is 0 Å². The van der Waals surface area contributed by atoms with Crippen molar-refractivity contribution in [3.8, 4) is 0 Å². The van der Waals surface area contributed by atoms with E-state index in [1.165, 1.54) is 45.2 Å². The van der Waals surface area contributed by atoms with E-state index in [9.17, 15) is 4.79 Å². The summed E-state index contributed by atoms with van der Waals surface area (Å²) in [4.78, 5) is 16.7. The van der Waals surface area contributed by atoms with Crippen LogP contribution in [-0.4, -0.2) is 62.0 Å². The van der Waals surface area contributed by atoms with Crippen molar-refractivity contribution in [2.45, 2.75) is 44.9 Å². The molecular weight excluding hydrogens is 321 g/mol. The Kier molecular flexibility index (Phi) is 12.4. The molecule has 0 aromatic heterocycles. The van der Waals surface area contributed by atoms with Crippen molar-refractivity contribution >= 4 is 30.7 Å². The van der Waals surface area contributed by atoms with Crippen LogP contribution < -0.4 is 5.32 Å². The van der Waals surface area contributed by atoms with Crippen LogP contribution in [0, 0.1) is 5.92 Å². The van der Waals surface area contributed by atoms with Gasteiger partial charge in [0.15, 0.2) is 0 Å². The molecule has 1 heterocycles. The van der Waals surface area contributed by atoms with Crippen LogP contribution >= 0.6 is 24.8 Å². The molecule has 1 saturated heterocycles. The van der Waals surface area contributed by atoms with Crippen LogP contribution in [0.5, 0.6) is 0 Å². The van der Waals surface area contributed by atoms with Crippen LogP contribution in [0.4, 0.5) is 0 Å². The van der Waals surface area contributed by atoms with Gasteiger partial charge in [0.2, 0.25) is 5.91 Å². The summed E-state index contributed by atoms with van der Waals surface area (Å²) in [5.41, 5.74) is 0. The molecule has 0 unspecified atom stereocenters. The van der Waals surface area contributed by atoms with Gasteiger partial charge in [0.05, 0.1) is 0 Å². The zero-order chi connectivity index (χ0) is 14.2. The molecule has 4 nitrogen and oxygen atoms in total. The topological polar surface area (TPSA) is 35.6 Å². The monoisotopic (exact) mass is 353 g/mol. The van der Waals surface area contributed by atoms with Crippen LogP contribution in [0.2, 0.25) is 0 Å². The highest BCUT2D eigenvalue weighted by Gasteiger charge is 2.21. The van der Waals surface area contributed by atoms with Gasteiger partial charge in [0.1, 0.15) is 0 Å². The molecule has 0 atom stereocenters. The van der Waals surface area contributed by atoms with Gasteiger partial charge < -0.3 is 15.1 Å². The average Bonchev–Trinajstić information content (AvgIpc) is 2.71. The first-order chi connectivity index (χ1) is 9.79. The summed E-state index contributed by atoms with van der Waals surface area (Å²) in [6, 6.07) is 0. The summed E-state index contributed by atoms with van der Waals surface area (Å²) >= 11 is 0. The average molecular weight is 354 g/mol. The SMILES string of the molecule is CNCCC(=O)N1CCCN(CC2CCCCC2)CC1.Cl.Cl. The summed E-state index contributed by atoms with van der Waals surface area (Å²) in [5, 5.41) is 3.06. The van der Waals surface area contributed by atoms with Crippen molar-refractivity contribution in [2.24, 2.45) is 5.92 Å². The molecule has 0 radical (unpaired) electrons. The third-order valence-corrected chi connectivity index (χ3v) is 4.77. The summed E-state index contributed by atoms with van der Waals surface area (Å²) < 4.78 is 0. The van der Waals surface area contributed by atoms with E-state index in [4.69, 9.17) is 0 Å². The summed E-state index contributed by atoms with van der Waals surface area (Å²) in [5.74, 6) is 1.23. The normalized spacial score (nSPS) is 20.7. The van der Waals surface area contributed by atoms with Crippen LogP contribution in [0.1, 0.15) is 44.9 Å². The quantitative estimate of drug-likeness (QED) is 0.824. The number of amides is 1. The second-order valence-electron chi connectivity index (χ2n) is 6.39. The van der Waals surface area contributed by atoms with E-state index in [-0.39, 0.29) is 24.8 Å². The number of carbonyl (C=O) groups is 1. The first-order valence-electron chi connectivity index (χ1n) is 8.44. The van der Waals surface area contributed by atoms with E-state index in [0.717, 1.165) is 38.5 Å². The lowest BCUT2D eigenvalue weighted by atomic mass is 9.89. The van der Waals surface area contributed by atoms with E-state index < -0.39 is 0 Å². The Bertz CT molecular complexity index is 299. The number of hydrogen-bond donors (Lipinski definition) is 1. The third-order valence-electron chi connectivity index (χ3n) is 4.77. The molecule has 0 spiro atoms. The molecule has 1 saturated carbocycles. The van der Waals surface area contributed by atoms with Crippen molar-refractivity contribution < 1.29 is 4.79 Å². The maximum Gasteiger partial charge on any atom is 0.223 e. The molecule has 1 aliphatic carbocycles. The van der Waals surface area contributed by atoms with Crippen LogP contribution in [-0.2, 0) is 4.79 Å². The highest BCUT2D eigenvalue weighted by Crippen LogP contribution is 2.24. The molecule has 0 aromatic carbocycles. The minimum absolute atomic E-state index is 0. The number of halogens is 2. The Morgan fingerprint density at radius 2 is 1.73 bits per heavy atom. The van der Waals surface area contributed by atoms with Gasteiger partial charge in [-0.25, -0.2) is 0 Å². The number of nitrogens with zero attached hydrogens (tertiary/aromatic N) is 2. The fourth-order valence-corrected chi connectivity index (χ4v) is 3.53. The van der Waals surface area contributed by atoms with E-state index in [2.05, 4.69) is 15.1 Å². The fourth-order valence-electron chi connectivity index (χ4n) is 3.53. The fraction of sp³-hybridized carbons (Fsp3) is 0.938. The molecule has 0 bridgehead atoms. The second kappa shape index (κ2) is 12.4. The minimum Gasteiger partial charge on any atom is -0.341 e. The molecule has 132 valence electrons. The molecule has 1 amide bonds. The molecular formula is C16H33Cl2N3O. The van der Waals surface area contributed by atoms with E-state index in [1.807, 2.05) is 7.05 Å². The first-order valence-corrected chi connectivity index (χ1v) is 8.44. The summed E-state index contributed by atoms with van der Waals surface area (Å²) in [7, 11) is 1.90. The standard InChI is InChI=1S/C16H31N3O.2ClH/c1-17-9-8-16(20)19-11-5-10-18(12-13-19)14-15-6-3-2-4-7-15;;/h15,17H,2-14H2,1H3;2*1H. The minimum atomic E-state index is 0. The molecule has 1 N–H and O–H groups in total. The van der Waals surface area contributed by atoms with Crippen molar-refractivity contribution in [3.63, 3.8) is 0 Å². The van der Waals surface area contributed by atoms with Crippen LogP contribution in [0.3, 0.4) is 0 Å². The third kappa shape index (κ3) is 7.49. The lowest BCUT2D eigenvalue weighted by Crippen LogP contribution is -2.37. The summed E-state index contributed by atoms with van der Waals surface area (Å²) in [6.07, 6.45) is 8.89. The lowest BCUT2D eigenvalue weighted by molar-refractivity contribution is -0.130. The first kappa shape index (κ1) is 22.0. The lowest BCUT2D eigenvalue weighted by Gasteiger charge is -2.28. The zero-order valence-electron chi connectivity index (χ0n) is 13.9. The highest BCUT2D eigenvalue weighted by molar-refractivity contribution is 5.85. The number of carbonyl (C=O) groups excluding carboxylic acids is 1. The zero-order valence-corrected chi connectivity index (χ0v) is 15.5. The number of hydrogen-bond acceptors (Lipinski definition) is 3. The predicted molar refractivity (Wildman–Crippen MR) is 97.3 cm³/mol. The molecule has 1 aliphatic heterocycles. The predicted octanol–water partition coefficient (Wildman–Crippen LogP) is 2.55. The van der Waals surface area contributed by atoms with Crippen molar-refractivity contribution in [1.29, 1.82) is 0 Å². The van der Waals surface area contributed by atoms with Gasteiger partial charge in [-0.3, -0.25) is 4.79 Å². The highest BCUT2D eigenvalue weighted by atomic mass is 35.5. The molecule has 2 rings (SSSR count). The molecule has 2 fully saturated rings. The van der Waals surface area contributed by atoms with E-state index in [0.29, 0.717) is 12.3 Å². The molecule has 22 heavy (non-hydrogen) atoms. The Balaban J connectivity index is 0.00000220. The number of rotatable bonds is 5. The maximum atomic E-state index is 12.1. The molecule has 0 aromatic rings. The maximum absolute atomic E-state index is 12.1. The number of nitrogens with one attached hydrogen (secondary N) is 1. The molecule has 2 aliphatic rings. The van der Waals surface area contributed by atoms with Crippen molar-refractivity contribution in [1.82, 2.24) is 15.1 Å². The second-order valence-corrected chi connectivity index (χ2v) is 6.39. The Hall–Kier alpha value is -0.0300. The van der Waals surface area contributed by atoms with Crippen LogP contribution in [0.15, 0.2) is 0 Å². The van der Waals surface area contributed by atoms with Crippen molar-refractivity contribution in [2.75, 3.05) is 46.3 Å². The smallest absolute Gasteiger partial charge is 0.223 e. The largest absolute Gasteiger partial charge is 0.341 e. The van der Waals surface area contributed by atoms with Gasteiger partial charge in [0, 0.05) is 39.1 Å². The van der Waals surface area contributed by atoms with E-state index >= 15 is 0 Å². The van der Waals surface area contributed by atoms with Gasteiger partial charge in [-0.15, -0.1) is 24.8 Å². The molecule has 6 heteroatoms.